The van der Waals surface area contributed by atoms with E-state index in [4.69, 9.17) is 5.11 Å². The fourth-order valence-electron chi connectivity index (χ4n) is 1.65. The standard InChI is InChI=1S/C14H13NO.C3H4O2/c1-11(16)15-14-10-6-5-9-13(14)12-7-3-2-4-8-12;1-2-3(4)5/h2-10H,1H3,(H,15,16);2H,1H2,(H,4,5). The third kappa shape index (κ3) is 5.74. The van der Waals surface area contributed by atoms with Crippen LogP contribution in [0.1, 0.15) is 6.92 Å². The second-order valence-electron chi connectivity index (χ2n) is 4.14. The number of para-hydroxylation sites is 1. The quantitative estimate of drug-likeness (QED) is 0.846. The first-order valence-electron chi connectivity index (χ1n) is 6.32. The molecule has 4 nitrogen and oxygen atoms in total. The van der Waals surface area contributed by atoms with Gasteiger partial charge in [0.15, 0.2) is 0 Å². The Morgan fingerprint density at radius 3 is 2.10 bits per heavy atom. The maximum atomic E-state index is 11.1. The molecule has 0 bridgehead atoms. The molecule has 2 N–H and O–H groups in total. The highest BCUT2D eigenvalue weighted by Crippen LogP contribution is 2.27. The van der Waals surface area contributed by atoms with Gasteiger partial charge < -0.3 is 10.4 Å². The van der Waals surface area contributed by atoms with Crippen LogP contribution in [0.3, 0.4) is 0 Å². The summed E-state index contributed by atoms with van der Waals surface area (Å²) < 4.78 is 0. The summed E-state index contributed by atoms with van der Waals surface area (Å²) in [5, 5.41) is 10.4. The number of amides is 1. The summed E-state index contributed by atoms with van der Waals surface area (Å²) in [6.45, 7) is 4.48. The fraction of sp³-hybridized carbons (Fsp3) is 0.0588. The van der Waals surface area contributed by atoms with E-state index in [1.165, 1.54) is 6.92 Å². The summed E-state index contributed by atoms with van der Waals surface area (Å²) >= 11 is 0. The van der Waals surface area contributed by atoms with Crippen LogP contribution >= 0.6 is 0 Å². The molecule has 1 amide bonds. The normalized spacial score (nSPS) is 9.00. The predicted molar refractivity (Wildman–Crippen MR) is 84.0 cm³/mol. The molecular weight excluding hydrogens is 266 g/mol. The number of nitrogens with one attached hydrogen (secondary N) is 1. The smallest absolute Gasteiger partial charge is 0.327 e. The van der Waals surface area contributed by atoms with E-state index in [9.17, 15) is 9.59 Å². The maximum Gasteiger partial charge on any atom is 0.327 e. The molecule has 0 aliphatic carbocycles. The summed E-state index contributed by atoms with van der Waals surface area (Å²) in [5.41, 5.74) is 2.99. The van der Waals surface area contributed by atoms with E-state index in [2.05, 4.69) is 11.9 Å². The molecule has 0 aliphatic heterocycles. The first-order valence-corrected chi connectivity index (χ1v) is 6.32. The number of aliphatic carboxylic acids is 1. The minimum atomic E-state index is -0.981. The van der Waals surface area contributed by atoms with Crippen molar-refractivity contribution < 1.29 is 14.7 Å². The van der Waals surface area contributed by atoms with Crippen molar-refractivity contribution in [1.29, 1.82) is 0 Å². The van der Waals surface area contributed by atoms with Crippen molar-refractivity contribution in [2.24, 2.45) is 0 Å². The lowest BCUT2D eigenvalue weighted by molar-refractivity contribution is -0.131. The number of hydrogen-bond acceptors (Lipinski definition) is 2. The van der Waals surface area contributed by atoms with Crippen molar-refractivity contribution in [1.82, 2.24) is 0 Å². The second kappa shape index (κ2) is 8.32. The highest BCUT2D eigenvalue weighted by atomic mass is 16.4. The van der Waals surface area contributed by atoms with Gasteiger partial charge in [0.2, 0.25) is 5.91 Å². The topological polar surface area (TPSA) is 66.4 Å². The zero-order valence-electron chi connectivity index (χ0n) is 11.7. The fourth-order valence-corrected chi connectivity index (χ4v) is 1.65. The zero-order chi connectivity index (χ0) is 15.7. The Hall–Kier alpha value is -2.88. The number of carboxylic acids is 1. The molecule has 0 fully saturated rings. The van der Waals surface area contributed by atoms with E-state index in [1.54, 1.807) is 0 Å². The molecule has 0 atom stereocenters. The Morgan fingerprint density at radius 1 is 1.05 bits per heavy atom. The van der Waals surface area contributed by atoms with Crippen LogP contribution in [0.5, 0.6) is 0 Å². The summed E-state index contributed by atoms with van der Waals surface area (Å²) in [5.74, 6) is -1.03. The Labute approximate surface area is 123 Å². The van der Waals surface area contributed by atoms with Gasteiger partial charge in [-0.25, -0.2) is 4.79 Å². The molecule has 4 heteroatoms. The molecule has 0 saturated carbocycles. The number of hydrogen-bond donors (Lipinski definition) is 2. The SMILES string of the molecule is C=CC(=O)O.CC(=O)Nc1ccccc1-c1ccccc1. The molecule has 0 aromatic heterocycles. The van der Waals surface area contributed by atoms with Crippen molar-refractivity contribution in [3.05, 3.63) is 67.3 Å². The first-order chi connectivity index (χ1) is 10.0. The van der Waals surface area contributed by atoms with Gasteiger partial charge in [0, 0.05) is 24.3 Å². The van der Waals surface area contributed by atoms with E-state index < -0.39 is 5.97 Å². The van der Waals surface area contributed by atoms with Gasteiger partial charge in [0.25, 0.3) is 0 Å². The Morgan fingerprint density at radius 2 is 1.57 bits per heavy atom. The molecule has 108 valence electrons. The molecule has 2 aromatic carbocycles. The number of carboxylic acid groups (broad SMARTS) is 1. The third-order valence-corrected chi connectivity index (χ3v) is 2.50. The number of rotatable bonds is 3. The van der Waals surface area contributed by atoms with Crippen LogP contribution in [0, 0.1) is 0 Å². The number of carbonyl (C=O) groups is 2. The molecule has 0 spiro atoms. The molecule has 0 aliphatic rings. The van der Waals surface area contributed by atoms with Crippen molar-refractivity contribution in [3.63, 3.8) is 0 Å². The summed E-state index contributed by atoms with van der Waals surface area (Å²) in [4.78, 5) is 20.3. The summed E-state index contributed by atoms with van der Waals surface area (Å²) in [6.07, 6.45) is 0.833. The molecule has 2 aromatic rings. The average Bonchev–Trinajstić information content (AvgIpc) is 2.48. The van der Waals surface area contributed by atoms with Crippen LogP contribution in [0.25, 0.3) is 11.1 Å². The van der Waals surface area contributed by atoms with Crippen LogP contribution < -0.4 is 5.32 Å². The van der Waals surface area contributed by atoms with Crippen LogP contribution in [-0.4, -0.2) is 17.0 Å². The van der Waals surface area contributed by atoms with Crippen LogP contribution in [0.15, 0.2) is 67.3 Å². The minimum Gasteiger partial charge on any atom is -0.478 e. The van der Waals surface area contributed by atoms with Crippen LogP contribution in [0.2, 0.25) is 0 Å². The minimum absolute atomic E-state index is 0.0524. The third-order valence-electron chi connectivity index (χ3n) is 2.50. The number of benzene rings is 2. The van der Waals surface area contributed by atoms with E-state index in [0.717, 1.165) is 22.9 Å². The van der Waals surface area contributed by atoms with Gasteiger partial charge in [-0.1, -0.05) is 55.1 Å². The van der Waals surface area contributed by atoms with Crippen molar-refractivity contribution >= 4 is 17.6 Å². The predicted octanol–water partition coefficient (Wildman–Crippen LogP) is 3.57. The molecule has 0 unspecified atom stereocenters. The molecule has 2 rings (SSSR count). The highest BCUT2D eigenvalue weighted by molar-refractivity contribution is 5.94. The average molecular weight is 283 g/mol. The lowest BCUT2D eigenvalue weighted by Crippen LogP contribution is -2.06. The number of carbonyl (C=O) groups excluding carboxylic acids is 1. The van der Waals surface area contributed by atoms with E-state index >= 15 is 0 Å². The van der Waals surface area contributed by atoms with Crippen molar-refractivity contribution in [2.45, 2.75) is 6.92 Å². The Kier molecular flexibility index (Phi) is 6.41. The molecule has 21 heavy (non-hydrogen) atoms. The zero-order valence-corrected chi connectivity index (χ0v) is 11.7. The summed E-state index contributed by atoms with van der Waals surface area (Å²) in [7, 11) is 0. The Bertz CT molecular complexity index is 621. The summed E-state index contributed by atoms with van der Waals surface area (Å²) in [6, 6.07) is 17.8. The van der Waals surface area contributed by atoms with Gasteiger partial charge in [-0.05, 0) is 11.6 Å². The van der Waals surface area contributed by atoms with Gasteiger partial charge in [-0.15, -0.1) is 0 Å². The Balaban J connectivity index is 0.000000383. The largest absolute Gasteiger partial charge is 0.478 e. The van der Waals surface area contributed by atoms with Gasteiger partial charge in [0.05, 0.1) is 0 Å². The van der Waals surface area contributed by atoms with Gasteiger partial charge >= 0.3 is 5.97 Å². The van der Waals surface area contributed by atoms with E-state index in [0.29, 0.717) is 0 Å². The van der Waals surface area contributed by atoms with Gasteiger partial charge in [0.1, 0.15) is 0 Å². The molecular formula is C17H17NO3. The second-order valence-corrected chi connectivity index (χ2v) is 4.14. The van der Waals surface area contributed by atoms with E-state index in [1.807, 2.05) is 54.6 Å². The molecule has 0 radical (unpaired) electrons. The lowest BCUT2D eigenvalue weighted by Gasteiger charge is -2.09. The van der Waals surface area contributed by atoms with E-state index in [-0.39, 0.29) is 5.91 Å². The lowest BCUT2D eigenvalue weighted by atomic mass is 10.0. The molecule has 0 saturated heterocycles. The maximum absolute atomic E-state index is 11.1. The number of anilines is 1. The monoisotopic (exact) mass is 283 g/mol. The van der Waals surface area contributed by atoms with Crippen molar-refractivity contribution in [3.8, 4) is 11.1 Å². The van der Waals surface area contributed by atoms with Crippen LogP contribution in [-0.2, 0) is 9.59 Å². The highest BCUT2D eigenvalue weighted by Gasteiger charge is 2.04. The van der Waals surface area contributed by atoms with Gasteiger partial charge in [-0.2, -0.15) is 0 Å². The van der Waals surface area contributed by atoms with Gasteiger partial charge in [-0.3, -0.25) is 4.79 Å². The van der Waals surface area contributed by atoms with Crippen LogP contribution in [0.4, 0.5) is 5.69 Å². The molecule has 0 heterocycles. The van der Waals surface area contributed by atoms with Crippen molar-refractivity contribution in [2.75, 3.05) is 5.32 Å². The first kappa shape index (κ1) is 16.2.